The summed E-state index contributed by atoms with van der Waals surface area (Å²) in [6, 6.07) is 19.5. The Kier molecular flexibility index (Phi) is 8.01. The van der Waals surface area contributed by atoms with Gasteiger partial charge in [-0.05, 0) is 47.5 Å². The summed E-state index contributed by atoms with van der Waals surface area (Å²) in [7, 11) is 1.61. The molecule has 0 aliphatic rings. The fourth-order valence-corrected chi connectivity index (χ4v) is 5.20. The van der Waals surface area contributed by atoms with E-state index in [2.05, 4.69) is 9.97 Å². The highest BCUT2D eigenvalue weighted by atomic mass is 35.5. The molecule has 3 N–H and O–H groups in total. The number of ether oxygens (including phenoxy) is 2. The van der Waals surface area contributed by atoms with Gasteiger partial charge in [0.15, 0.2) is 5.65 Å². The summed E-state index contributed by atoms with van der Waals surface area (Å²) in [5.74, 6) is 0.843. The lowest BCUT2D eigenvalue weighted by molar-refractivity contribution is 0.0621. The fourth-order valence-electron chi connectivity index (χ4n) is 5.00. The lowest BCUT2D eigenvalue weighted by Crippen LogP contribution is -2.28. The molecular formula is C31H28ClN7O4. The molecule has 3 heterocycles. The molecule has 43 heavy (non-hydrogen) atoms. The van der Waals surface area contributed by atoms with Crippen LogP contribution in [0.4, 0.5) is 5.82 Å². The highest BCUT2D eigenvalue weighted by Gasteiger charge is 2.21. The summed E-state index contributed by atoms with van der Waals surface area (Å²) in [6.07, 6.45) is 1.37. The first-order valence-corrected chi connectivity index (χ1v) is 13.9. The number of nitrogen functional groups attached to an aromatic ring is 1. The van der Waals surface area contributed by atoms with Crippen molar-refractivity contribution in [3.8, 4) is 17.0 Å². The average Bonchev–Trinajstić information content (AvgIpc) is 3.38. The molecule has 0 aliphatic carbocycles. The van der Waals surface area contributed by atoms with Crippen molar-refractivity contribution in [2.24, 2.45) is 0 Å². The van der Waals surface area contributed by atoms with Crippen molar-refractivity contribution in [1.82, 2.24) is 29.3 Å². The van der Waals surface area contributed by atoms with Gasteiger partial charge in [-0.15, -0.1) is 0 Å². The van der Waals surface area contributed by atoms with Crippen LogP contribution in [0.3, 0.4) is 0 Å². The molecule has 0 spiro atoms. The van der Waals surface area contributed by atoms with Gasteiger partial charge in [-0.3, -0.25) is 9.36 Å². The number of nitrogens with zero attached hydrogens (tertiary/aromatic N) is 6. The van der Waals surface area contributed by atoms with Gasteiger partial charge in [0.25, 0.3) is 5.56 Å². The fraction of sp³-hybridized carbons (Fsp3) is 0.194. The first-order chi connectivity index (χ1) is 20.9. The van der Waals surface area contributed by atoms with Crippen molar-refractivity contribution < 1.29 is 14.6 Å². The molecule has 0 radical (unpaired) electrons. The number of benzene rings is 3. The second-order valence-corrected chi connectivity index (χ2v) is 10.3. The highest BCUT2D eigenvalue weighted by molar-refractivity contribution is 6.31. The molecule has 0 unspecified atom stereocenters. The highest BCUT2D eigenvalue weighted by Crippen LogP contribution is 2.31. The number of hydrogen-bond acceptors (Lipinski definition) is 9. The monoisotopic (exact) mass is 597 g/mol. The van der Waals surface area contributed by atoms with Gasteiger partial charge in [-0.2, -0.15) is 5.10 Å². The molecule has 0 saturated carbocycles. The van der Waals surface area contributed by atoms with Crippen LogP contribution in [0.1, 0.15) is 17.0 Å². The van der Waals surface area contributed by atoms with Gasteiger partial charge < -0.3 is 20.3 Å². The minimum atomic E-state index is -0.227. The van der Waals surface area contributed by atoms with E-state index < -0.39 is 0 Å². The molecule has 0 atom stereocenters. The molecule has 12 heteroatoms. The van der Waals surface area contributed by atoms with Gasteiger partial charge in [0.05, 0.1) is 42.7 Å². The molecule has 0 aliphatic heterocycles. The third-order valence-corrected chi connectivity index (χ3v) is 7.48. The number of nitrogens with two attached hydrogens (primary N) is 1. The van der Waals surface area contributed by atoms with Gasteiger partial charge >= 0.3 is 0 Å². The summed E-state index contributed by atoms with van der Waals surface area (Å²) in [4.78, 5) is 27.8. The van der Waals surface area contributed by atoms with Crippen LogP contribution in [0.15, 0.2) is 77.9 Å². The van der Waals surface area contributed by atoms with Crippen LogP contribution in [0.25, 0.3) is 33.2 Å². The van der Waals surface area contributed by atoms with Gasteiger partial charge in [0.1, 0.15) is 36.0 Å². The first-order valence-electron chi connectivity index (χ1n) is 13.5. The van der Waals surface area contributed by atoms with E-state index in [1.807, 2.05) is 36.4 Å². The van der Waals surface area contributed by atoms with E-state index in [4.69, 9.17) is 36.9 Å². The zero-order valence-electron chi connectivity index (χ0n) is 23.3. The molecule has 0 bridgehead atoms. The van der Waals surface area contributed by atoms with E-state index in [1.54, 1.807) is 46.7 Å². The van der Waals surface area contributed by atoms with E-state index in [0.29, 0.717) is 51.7 Å². The van der Waals surface area contributed by atoms with Crippen LogP contribution in [-0.4, -0.2) is 54.7 Å². The van der Waals surface area contributed by atoms with Crippen LogP contribution in [0.5, 0.6) is 5.75 Å². The molecule has 0 saturated heterocycles. The van der Waals surface area contributed by atoms with E-state index in [1.165, 1.54) is 6.33 Å². The summed E-state index contributed by atoms with van der Waals surface area (Å²) in [6.45, 7) is 1.37. The number of aromatic nitrogens is 6. The molecule has 0 amide bonds. The molecular weight excluding hydrogens is 570 g/mol. The Labute approximate surface area is 251 Å². The van der Waals surface area contributed by atoms with Crippen molar-refractivity contribution >= 4 is 39.4 Å². The van der Waals surface area contributed by atoms with Gasteiger partial charge in [-0.25, -0.2) is 19.6 Å². The molecule has 0 fully saturated rings. The number of anilines is 1. The second kappa shape index (κ2) is 12.2. The number of phenolic OH excluding ortho intramolecular Hbond substituents is 1. The Morgan fingerprint density at radius 1 is 0.930 bits per heavy atom. The zero-order valence-corrected chi connectivity index (χ0v) is 24.0. The minimum absolute atomic E-state index is 0.106. The number of methoxy groups -OCH3 is 1. The van der Waals surface area contributed by atoms with Crippen molar-refractivity contribution in [1.29, 1.82) is 0 Å². The summed E-state index contributed by atoms with van der Waals surface area (Å²) < 4.78 is 14.1. The van der Waals surface area contributed by atoms with Gasteiger partial charge in [-0.1, -0.05) is 41.9 Å². The van der Waals surface area contributed by atoms with E-state index in [9.17, 15) is 9.90 Å². The third kappa shape index (κ3) is 5.65. The van der Waals surface area contributed by atoms with Crippen LogP contribution in [-0.2, 0) is 29.2 Å². The Morgan fingerprint density at radius 3 is 2.51 bits per heavy atom. The molecule has 6 aromatic rings. The Balaban J connectivity index is 1.51. The summed E-state index contributed by atoms with van der Waals surface area (Å²) in [5, 5.41) is 16.2. The van der Waals surface area contributed by atoms with E-state index in [-0.39, 0.29) is 36.8 Å². The smallest absolute Gasteiger partial charge is 0.262 e. The Morgan fingerprint density at radius 2 is 1.72 bits per heavy atom. The first kappa shape index (κ1) is 28.3. The van der Waals surface area contributed by atoms with Crippen LogP contribution in [0.2, 0.25) is 5.02 Å². The lowest BCUT2D eigenvalue weighted by atomic mass is 10.1. The van der Waals surface area contributed by atoms with Crippen molar-refractivity contribution in [2.75, 3.05) is 26.1 Å². The number of hydrogen-bond donors (Lipinski definition) is 2. The van der Waals surface area contributed by atoms with Crippen molar-refractivity contribution in [2.45, 2.75) is 19.7 Å². The molecule has 218 valence electrons. The quantitative estimate of drug-likeness (QED) is 0.220. The SMILES string of the molecule is COCCOCc1cccc2nc(Cn3nc(-c4ccc(O)cc4)c4c(N)ncnc43)n(Cc3ccccc3Cl)c(=O)c12. The standard InChI is InChI=1S/C31H28ClN7O4/c1-42-13-14-43-17-21-6-4-8-24-26(21)31(41)38(15-20-5-2-3-7-23(20)32)25(36-24)16-39-30-27(29(33)34-18-35-30)28(37-39)19-9-11-22(40)12-10-19/h2-12,18,40H,13-17H2,1H3,(H2,33,34,35). The number of fused-ring (bicyclic) bond motifs is 2. The summed E-state index contributed by atoms with van der Waals surface area (Å²) >= 11 is 6.53. The third-order valence-electron chi connectivity index (χ3n) is 7.12. The summed E-state index contributed by atoms with van der Waals surface area (Å²) in [5.41, 5.74) is 9.85. The maximum Gasteiger partial charge on any atom is 0.262 e. The van der Waals surface area contributed by atoms with Crippen LogP contribution < -0.4 is 11.3 Å². The van der Waals surface area contributed by atoms with Crippen molar-refractivity contribution in [3.63, 3.8) is 0 Å². The Bertz CT molecular complexity index is 1990. The lowest BCUT2D eigenvalue weighted by Gasteiger charge is -2.16. The minimum Gasteiger partial charge on any atom is -0.508 e. The van der Waals surface area contributed by atoms with Crippen LogP contribution >= 0.6 is 11.6 Å². The maximum atomic E-state index is 14.2. The number of aromatic hydroxyl groups is 1. The zero-order chi connectivity index (χ0) is 29.9. The maximum absolute atomic E-state index is 14.2. The number of halogens is 1. The molecule has 11 nitrogen and oxygen atoms in total. The predicted octanol–water partition coefficient (Wildman–Crippen LogP) is 4.40. The predicted molar refractivity (Wildman–Crippen MR) is 164 cm³/mol. The van der Waals surface area contributed by atoms with E-state index >= 15 is 0 Å². The van der Waals surface area contributed by atoms with Gasteiger partial charge in [0, 0.05) is 17.7 Å². The van der Waals surface area contributed by atoms with Gasteiger partial charge in [0.2, 0.25) is 0 Å². The topological polar surface area (TPSA) is 143 Å². The van der Waals surface area contributed by atoms with Crippen LogP contribution in [0, 0.1) is 0 Å². The van der Waals surface area contributed by atoms with Crippen molar-refractivity contribution in [3.05, 3.63) is 105 Å². The second-order valence-electron chi connectivity index (χ2n) is 9.88. The largest absolute Gasteiger partial charge is 0.508 e. The molecule has 3 aromatic heterocycles. The average molecular weight is 598 g/mol. The number of phenols is 1. The molecule has 6 rings (SSSR count). The number of rotatable bonds is 10. The van der Waals surface area contributed by atoms with E-state index in [0.717, 1.165) is 16.7 Å². The normalized spacial score (nSPS) is 11.5. The molecule has 3 aromatic carbocycles. The Hall–Kier alpha value is -4.84.